The van der Waals surface area contributed by atoms with Crippen molar-refractivity contribution < 1.29 is 18.0 Å². The third kappa shape index (κ3) is 8.69. The number of halogens is 2. The van der Waals surface area contributed by atoms with E-state index < -0.39 is 28.5 Å². The van der Waals surface area contributed by atoms with Gasteiger partial charge in [-0.2, -0.15) is 0 Å². The molecule has 0 bridgehead atoms. The van der Waals surface area contributed by atoms with E-state index in [0.29, 0.717) is 27.8 Å². The number of carbonyl (C=O) groups is 2. The number of rotatable bonds is 13. The molecular formula is C36H39Cl2N3O4S. The van der Waals surface area contributed by atoms with Gasteiger partial charge in [-0.25, -0.2) is 8.42 Å². The Balaban J connectivity index is 1.81. The summed E-state index contributed by atoms with van der Waals surface area (Å²) in [5, 5.41) is 3.52. The molecule has 0 saturated heterocycles. The fraction of sp³-hybridized carbons (Fsp3) is 0.278. The summed E-state index contributed by atoms with van der Waals surface area (Å²) in [5.74, 6) is -0.675. The van der Waals surface area contributed by atoms with Crippen LogP contribution in [0, 0.1) is 6.92 Å². The number of hydrogen-bond donors (Lipinski definition) is 1. The van der Waals surface area contributed by atoms with Crippen molar-refractivity contribution >= 4 is 50.7 Å². The van der Waals surface area contributed by atoms with Gasteiger partial charge in [0.15, 0.2) is 0 Å². The second-order valence-electron chi connectivity index (χ2n) is 11.4. The van der Waals surface area contributed by atoms with Crippen LogP contribution >= 0.6 is 23.2 Å². The van der Waals surface area contributed by atoms with Crippen molar-refractivity contribution in [2.45, 2.75) is 57.5 Å². The molecule has 10 heteroatoms. The number of anilines is 1. The lowest BCUT2D eigenvalue weighted by atomic mass is 10.0. The minimum atomic E-state index is -4.19. The van der Waals surface area contributed by atoms with Crippen molar-refractivity contribution in [1.82, 2.24) is 10.2 Å². The smallest absolute Gasteiger partial charge is 0.264 e. The first kappa shape index (κ1) is 35.0. The zero-order chi connectivity index (χ0) is 33.4. The highest BCUT2D eigenvalue weighted by molar-refractivity contribution is 7.92. The summed E-state index contributed by atoms with van der Waals surface area (Å²) in [4.78, 5) is 29.6. The zero-order valence-corrected chi connectivity index (χ0v) is 28.7. The molecular weight excluding hydrogens is 641 g/mol. The molecule has 0 spiro atoms. The fourth-order valence-corrected chi connectivity index (χ4v) is 6.81. The molecule has 0 fully saturated rings. The normalized spacial score (nSPS) is 12.1. The standard InChI is InChI=1S/C36H39Cl2N3O4S/c1-5-39-36(43)34(22-27-9-7-6-8-10-27)40(23-28-13-20-32(37)33(38)21-28)35(42)24-41(30-16-14-29(15-17-30)25(2)3)46(44,45)31-18-11-26(4)12-19-31/h6-21,25,34H,5,22-24H2,1-4H3,(H,39,43). The number of nitrogens with one attached hydrogen (secondary N) is 1. The number of benzene rings is 4. The molecule has 1 N–H and O–H groups in total. The van der Waals surface area contributed by atoms with Gasteiger partial charge in [-0.15, -0.1) is 0 Å². The molecule has 46 heavy (non-hydrogen) atoms. The molecule has 7 nitrogen and oxygen atoms in total. The van der Waals surface area contributed by atoms with Crippen LogP contribution in [0.4, 0.5) is 5.69 Å². The average molecular weight is 681 g/mol. The minimum Gasteiger partial charge on any atom is -0.355 e. The fourth-order valence-electron chi connectivity index (χ4n) is 5.07. The quantitative estimate of drug-likeness (QED) is 0.160. The van der Waals surface area contributed by atoms with Crippen molar-refractivity contribution in [3.05, 3.63) is 129 Å². The van der Waals surface area contributed by atoms with Gasteiger partial charge in [0.1, 0.15) is 12.6 Å². The van der Waals surface area contributed by atoms with E-state index in [2.05, 4.69) is 19.2 Å². The summed E-state index contributed by atoms with van der Waals surface area (Å²) >= 11 is 12.5. The summed E-state index contributed by atoms with van der Waals surface area (Å²) in [5.41, 5.74) is 3.76. The molecule has 242 valence electrons. The number of amides is 2. The molecule has 0 aliphatic heterocycles. The Morgan fingerprint density at radius 3 is 2.07 bits per heavy atom. The highest BCUT2D eigenvalue weighted by Crippen LogP contribution is 2.28. The number of nitrogens with zero attached hydrogens (tertiary/aromatic N) is 2. The molecule has 4 rings (SSSR count). The van der Waals surface area contributed by atoms with Crippen molar-refractivity contribution in [2.75, 3.05) is 17.4 Å². The SMILES string of the molecule is CCNC(=O)C(Cc1ccccc1)N(Cc1ccc(Cl)c(Cl)c1)C(=O)CN(c1ccc(C(C)C)cc1)S(=O)(=O)c1ccc(C)cc1. The number of sulfonamides is 1. The van der Waals surface area contributed by atoms with Gasteiger partial charge in [0.2, 0.25) is 11.8 Å². The van der Waals surface area contributed by atoms with Crippen LogP contribution in [0.5, 0.6) is 0 Å². The number of aryl methyl sites for hydroxylation is 1. The van der Waals surface area contributed by atoms with Gasteiger partial charge in [-0.3, -0.25) is 13.9 Å². The summed E-state index contributed by atoms with van der Waals surface area (Å²) in [6.07, 6.45) is 0.216. The highest BCUT2D eigenvalue weighted by Gasteiger charge is 2.34. The maximum Gasteiger partial charge on any atom is 0.264 e. The first-order chi connectivity index (χ1) is 21.9. The zero-order valence-electron chi connectivity index (χ0n) is 26.4. The van der Waals surface area contributed by atoms with E-state index in [9.17, 15) is 18.0 Å². The molecule has 0 saturated carbocycles. The summed E-state index contributed by atoms with van der Waals surface area (Å²) in [6.45, 7) is 7.59. The maximum atomic E-state index is 14.5. The van der Waals surface area contributed by atoms with Crippen LogP contribution in [0.3, 0.4) is 0 Å². The lowest BCUT2D eigenvalue weighted by Crippen LogP contribution is -2.53. The molecule has 0 aliphatic carbocycles. The Labute approximate surface area is 282 Å². The van der Waals surface area contributed by atoms with Gasteiger partial charge in [-0.05, 0) is 72.9 Å². The van der Waals surface area contributed by atoms with Gasteiger partial charge < -0.3 is 10.2 Å². The van der Waals surface area contributed by atoms with Crippen LogP contribution < -0.4 is 9.62 Å². The molecule has 0 aromatic heterocycles. The van der Waals surface area contributed by atoms with Crippen molar-refractivity contribution in [1.29, 1.82) is 0 Å². The first-order valence-corrected chi connectivity index (χ1v) is 17.3. The number of likely N-dealkylation sites (N-methyl/N-ethyl adjacent to an activating group) is 1. The minimum absolute atomic E-state index is 0.00490. The predicted molar refractivity (Wildman–Crippen MR) is 186 cm³/mol. The van der Waals surface area contributed by atoms with Gasteiger partial charge in [0.25, 0.3) is 10.0 Å². The van der Waals surface area contributed by atoms with Gasteiger partial charge in [-0.1, -0.05) is 103 Å². The van der Waals surface area contributed by atoms with E-state index in [-0.39, 0.29) is 29.7 Å². The number of carbonyl (C=O) groups excluding carboxylic acids is 2. The second kappa shape index (κ2) is 15.6. The molecule has 0 radical (unpaired) electrons. The van der Waals surface area contributed by atoms with Crippen LogP contribution in [-0.4, -0.2) is 44.3 Å². The topological polar surface area (TPSA) is 86.8 Å². The Morgan fingerprint density at radius 1 is 0.826 bits per heavy atom. The van der Waals surface area contributed by atoms with Crippen molar-refractivity contribution in [2.24, 2.45) is 0 Å². The molecule has 0 aliphatic rings. The summed E-state index contributed by atoms with van der Waals surface area (Å²) < 4.78 is 29.5. The second-order valence-corrected chi connectivity index (χ2v) is 14.1. The van der Waals surface area contributed by atoms with E-state index >= 15 is 0 Å². The lowest BCUT2D eigenvalue weighted by Gasteiger charge is -2.34. The Kier molecular flexibility index (Phi) is 11.9. The van der Waals surface area contributed by atoms with Crippen molar-refractivity contribution in [3.8, 4) is 0 Å². The molecule has 4 aromatic rings. The van der Waals surface area contributed by atoms with E-state index in [1.807, 2.05) is 49.4 Å². The van der Waals surface area contributed by atoms with E-state index in [4.69, 9.17) is 23.2 Å². The molecule has 4 aromatic carbocycles. The van der Waals surface area contributed by atoms with Crippen molar-refractivity contribution in [3.63, 3.8) is 0 Å². The first-order valence-electron chi connectivity index (χ1n) is 15.1. The van der Waals surface area contributed by atoms with Gasteiger partial charge in [0, 0.05) is 19.5 Å². The monoisotopic (exact) mass is 679 g/mol. The molecule has 2 amide bonds. The van der Waals surface area contributed by atoms with Crippen LogP contribution in [0.25, 0.3) is 0 Å². The van der Waals surface area contributed by atoms with Gasteiger partial charge >= 0.3 is 0 Å². The molecule has 1 atom stereocenters. The Morgan fingerprint density at radius 2 is 1.48 bits per heavy atom. The number of hydrogen-bond acceptors (Lipinski definition) is 4. The molecule has 0 heterocycles. The lowest BCUT2D eigenvalue weighted by molar-refractivity contribution is -0.140. The summed E-state index contributed by atoms with van der Waals surface area (Å²) in [6, 6.07) is 27.1. The maximum absolute atomic E-state index is 14.5. The largest absolute Gasteiger partial charge is 0.355 e. The van der Waals surface area contributed by atoms with Crippen LogP contribution in [-0.2, 0) is 32.6 Å². The summed E-state index contributed by atoms with van der Waals surface area (Å²) in [7, 11) is -4.19. The third-order valence-electron chi connectivity index (χ3n) is 7.69. The van der Waals surface area contributed by atoms with Crippen LogP contribution in [0.1, 0.15) is 48.9 Å². The highest BCUT2D eigenvalue weighted by atomic mass is 35.5. The third-order valence-corrected chi connectivity index (χ3v) is 10.2. The Bertz CT molecular complexity index is 1750. The van der Waals surface area contributed by atoms with Crippen LogP contribution in [0.15, 0.2) is 102 Å². The average Bonchev–Trinajstić information content (AvgIpc) is 3.04. The van der Waals surface area contributed by atoms with E-state index in [0.717, 1.165) is 21.0 Å². The van der Waals surface area contributed by atoms with E-state index in [1.165, 1.54) is 17.0 Å². The van der Waals surface area contributed by atoms with Gasteiger partial charge in [0.05, 0.1) is 20.6 Å². The van der Waals surface area contributed by atoms with E-state index in [1.54, 1.807) is 49.4 Å². The molecule has 1 unspecified atom stereocenters. The predicted octanol–water partition coefficient (Wildman–Crippen LogP) is 7.40. The van der Waals surface area contributed by atoms with Crippen LogP contribution in [0.2, 0.25) is 10.0 Å². The Hall–Kier alpha value is -3.85.